The molecule has 0 saturated carbocycles. The van der Waals surface area contributed by atoms with Crippen LogP contribution in [0.15, 0.2) is 61.3 Å². The van der Waals surface area contributed by atoms with Gasteiger partial charge in [-0.1, -0.05) is 197 Å². The average molecular weight is 1320 g/mol. The molecular formula is C59H102N7O18P3S. The molecule has 3 rings (SSSR count). The first-order valence-electron chi connectivity index (χ1n) is 31.3. The summed E-state index contributed by atoms with van der Waals surface area (Å²) < 4.78 is 62.7. The number of nitrogens with two attached hydrogens (primary N) is 1. The SMILES string of the molecule is CCCCC/C=C\C/C=C\C/C=C\C/C=C\CCCCCCCCCCCCCCCCCCC[C@@H](O)CC(=O)SCCNC(=O)CCNC(=O)[C@H](O)C(C)(C)COP(=O)(O)OP(=O)(O)OC[C@H]1O[C@@H](n2cnc3c(N)ncnc32)[C@H](O)[C@@H]1OP(=O)(O)O. The minimum Gasteiger partial charge on any atom is -0.393 e. The quantitative estimate of drug-likeness (QED) is 0.0167. The van der Waals surface area contributed by atoms with Crippen molar-refractivity contribution in [2.45, 2.75) is 237 Å². The number of hydrogen-bond donors (Lipinski definition) is 10. The lowest BCUT2D eigenvalue weighted by atomic mass is 9.87. The lowest BCUT2D eigenvalue weighted by molar-refractivity contribution is -0.137. The molecule has 0 aliphatic carbocycles. The lowest BCUT2D eigenvalue weighted by Crippen LogP contribution is -2.46. The van der Waals surface area contributed by atoms with Crippen LogP contribution in [0.25, 0.3) is 11.2 Å². The van der Waals surface area contributed by atoms with Crippen LogP contribution in [0.5, 0.6) is 0 Å². The first kappa shape index (κ1) is 78.7. The highest BCUT2D eigenvalue weighted by molar-refractivity contribution is 8.13. The maximum atomic E-state index is 12.8. The predicted molar refractivity (Wildman–Crippen MR) is 340 cm³/mol. The van der Waals surface area contributed by atoms with E-state index in [-0.39, 0.29) is 53.8 Å². The van der Waals surface area contributed by atoms with Crippen molar-refractivity contribution in [2.75, 3.05) is 37.8 Å². The number of imidazole rings is 1. The number of unbranched alkanes of at least 4 members (excludes halogenated alkanes) is 20. The van der Waals surface area contributed by atoms with Gasteiger partial charge in [-0.25, -0.2) is 28.6 Å². The van der Waals surface area contributed by atoms with Gasteiger partial charge in [0.05, 0.1) is 25.6 Å². The van der Waals surface area contributed by atoms with Gasteiger partial charge in [-0.15, -0.1) is 0 Å². The molecule has 2 aromatic rings. The number of carbonyl (C=O) groups excluding carboxylic acids is 3. The number of nitrogen functional groups attached to an aromatic ring is 1. The summed E-state index contributed by atoms with van der Waals surface area (Å²) in [5.74, 6) is -1.22. The Balaban J connectivity index is 1.13. The van der Waals surface area contributed by atoms with Gasteiger partial charge in [0.1, 0.15) is 36.3 Å². The molecule has 0 aromatic carbocycles. The number of amides is 2. The molecule has 0 bridgehead atoms. The van der Waals surface area contributed by atoms with Crippen LogP contribution >= 0.6 is 35.2 Å². The third kappa shape index (κ3) is 34.8. The van der Waals surface area contributed by atoms with E-state index in [1.54, 1.807) is 0 Å². The molecule has 502 valence electrons. The van der Waals surface area contributed by atoms with Crippen LogP contribution in [-0.4, -0.2) is 134 Å². The molecule has 2 unspecified atom stereocenters. The smallest absolute Gasteiger partial charge is 0.393 e. The molecule has 2 amide bonds. The Bertz CT molecular complexity index is 2590. The normalized spacial score (nSPS) is 18.9. The summed E-state index contributed by atoms with van der Waals surface area (Å²) in [6.45, 7) is 2.65. The molecule has 8 atom stereocenters. The van der Waals surface area contributed by atoms with Crippen molar-refractivity contribution in [3.63, 3.8) is 0 Å². The van der Waals surface area contributed by atoms with Crippen LogP contribution in [0.1, 0.15) is 207 Å². The topological polar surface area (TPSA) is 384 Å². The number of anilines is 1. The molecular weight excluding hydrogens is 1220 g/mol. The van der Waals surface area contributed by atoms with Gasteiger partial charge in [-0.2, -0.15) is 4.31 Å². The predicted octanol–water partition coefficient (Wildman–Crippen LogP) is 10.8. The zero-order chi connectivity index (χ0) is 64.7. The summed E-state index contributed by atoms with van der Waals surface area (Å²) in [5.41, 5.74) is 4.27. The van der Waals surface area contributed by atoms with Gasteiger partial charge >= 0.3 is 23.5 Å². The summed E-state index contributed by atoms with van der Waals surface area (Å²) >= 11 is 1.01. The number of hydrogen-bond acceptors (Lipinski definition) is 19. The third-order valence-corrected chi connectivity index (χ3v) is 18.5. The Morgan fingerprint density at radius 2 is 1.25 bits per heavy atom. The number of nitrogens with one attached hydrogen (secondary N) is 2. The first-order chi connectivity index (χ1) is 41.9. The summed E-state index contributed by atoms with van der Waals surface area (Å²) in [7, 11) is -16.5. The fraction of sp³-hybridized carbons (Fsp3) is 0.729. The molecule has 25 nitrogen and oxygen atoms in total. The van der Waals surface area contributed by atoms with Crippen LogP contribution in [0.3, 0.4) is 0 Å². The number of allylic oxidation sites excluding steroid dienone is 8. The van der Waals surface area contributed by atoms with Crippen LogP contribution in [0.4, 0.5) is 5.82 Å². The fourth-order valence-corrected chi connectivity index (χ4v) is 13.1. The molecule has 1 fully saturated rings. The molecule has 11 N–H and O–H groups in total. The zero-order valence-electron chi connectivity index (χ0n) is 51.8. The van der Waals surface area contributed by atoms with Crippen molar-refractivity contribution in [1.82, 2.24) is 30.2 Å². The van der Waals surface area contributed by atoms with E-state index in [1.807, 2.05) is 0 Å². The number of phosphoric ester groups is 3. The molecule has 1 aliphatic rings. The molecule has 0 radical (unpaired) electrons. The minimum atomic E-state index is -5.60. The number of fused-ring (bicyclic) bond motifs is 1. The number of nitrogens with zero attached hydrogens (tertiary/aromatic N) is 4. The zero-order valence-corrected chi connectivity index (χ0v) is 55.3. The van der Waals surface area contributed by atoms with E-state index in [1.165, 1.54) is 136 Å². The minimum absolute atomic E-state index is 0.0221. The molecule has 29 heteroatoms. The largest absolute Gasteiger partial charge is 0.481 e. The van der Waals surface area contributed by atoms with Gasteiger partial charge in [0.25, 0.3) is 0 Å². The highest BCUT2D eigenvalue weighted by Crippen LogP contribution is 2.61. The fourth-order valence-electron chi connectivity index (χ4n) is 9.50. The lowest BCUT2D eigenvalue weighted by Gasteiger charge is -2.30. The molecule has 0 spiro atoms. The number of phosphoric acid groups is 3. The van der Waals surface area contributed by atoms with Crippen molar-refractivity contribution >= 4 is 69.1 Å². The highest BCUT2D eigenvalue weighted by Gasteiger charge is 2.50. The number of aliphatic hydroxyl groups is 3. The van der Waals surface area contributed by atoms with E-state index in [0.717, 1.165) is 67.5 Å². The second-order valence-electron chi connectivity index (χ2n) is 22.8. The van der Waals surface area contributed by atoms with Gasteiger partial charge in [0, 0.05) is 37.1 Å². The number of aliphatic hydroxyl groups excluding tert-OH is 3. The van der Waals surface area contributed by atoms with E-state index in [2.05, 4.69) is 90.0 Å². The Kier molecular flexibility index (Phi) is 39.4. The van der Waals surface area contributed by atoms with Crippen LogP contribution in [0.2, 0.25) is 0 Å². The Morgan fingerprint density at radius 1 is 0.727 bits per heavy atom. The summed E-state index contributed by atoms with van der Waals surface area (Å²) in [5, 5.41) is 36.9. The summed E-state index contributed by atoms with van der Waals surface area (Å²) in [4.78, 5) is 88.9. The Morgan fingerprint density at radius 3 is 1.81 bits per heavy atom. The molecule has 1 aliphatic heterocycles. The summed E-state index contributed by atoms with van der Waals surface area (Å²) in [6.07, 6.45) is 41.8. The molecule has 1 saturated heterocycles. The molecule has 88 heavy (non-hydrogen) atoms. The first-order valence-corrected chi connectivity index (χ1v) is 36.8. The third-order valence-electron chi connectivity index (χ3n) is 14.5. The number of thioether (sulfide) groups is 1. The van der Waals surface area contributed by atoms with Crippen molar-refractivity contribution < 1.29 is 85.6 Å². The van der Waals surface area contributed by atoms with E-state index in [0.29, 0.717) is 6.42 Å². The van der Waals surface area contributed by atoms with E-state index in [4.69, 9.17) is 19.5 Å². The van der Waals surface area contributed by atoms with E-state index in [9.17, 15) is 63.0 Å². The van der Waals surface area contributed by atoms with Crippen molar-refractivity contribution in [1.29, 1.82) is 0 Å². The number of aromatic nitrogens is 4. The highest BCUT2D eigenvalue weighted by atomic mass is 32.2. The summed E-state index contributed by atoms with van der Waals surface area (Å²) in [6, 6.07) is 0. The van der Waals surface area contributed by atoms with Gasteiger partial charge in [0.2, 0.25) is 11.8 Å². The average Bonchev–Trinajstić information content (AvgIpc) is 2.62. The van der Waals surface area contributed by atoms with Gasteiger partial charge in [-0.05, 0) is 51.4 Å². The van der Waals surface area contributed by atoms with Crippen LogP contribution in [0, 0.1) is 5.41 Å². The number of carbonyl (C=O) groups is 3. The maximum absolute atomic E-state index is 12.8. The maximum Gasteiger partial charge on any atom is 0.481 e. The van der Waals surface area contributed by atoms with Gasteiger partial charge in [-0.3, -0.25) is 32.5 Å². The molecule has 3 heterocycles. The second-order valence-corrected chi connectivity index (χ2v) is 28.2. The Hall–Kier alpha value is -3.52. The van der Waals surface area contributed by atoms with Gasteiger partial charge < -0.3 is 56.0 Å². The van der Waals surface area contributed by atoms with Crippen molar-refractivity contribution in [2.24, 2.45) is 5.41 Å². The standard InChI is InChI=1S/C59H102N7O18P3S/c1-4-5-6-7-8-9-10-11-12-13-14-15-16-17-18-19-20-21-22-23-24-25-26-27-28-29-30-31-32-33-34-35-36-37-47(67)42-50(69)88-41-40-61-49(68)38-39-62-57(72)54(71)59(2,3)44-81-87(78,79)84-86(76,77)80-43-48-53(83-85(73,74)75)52(70)58(82-48)66-46-65-51-55(60)63-45-64-56(51)66/h8-9,11-12,14-15,17-18,45-48,52-54,58,67,70-71H,4-7,10,13,16,19-44H2,1-3H3,(H,61,68)(H,62,72)(H,76,77)(H,78,79)(H2,60,63,64)(H2,73,74,75)/b9-8-,12-11-,15-14-,18-17-/t47-,48-,52-,53-,54+,58-/m1/s1. The Labute approximate surface area is 524 Å². The van der Waals surface area contributed by atoms with Crippen LogP contribution < -0.4 is 16.4 Å². The van der Waals surface area contributed by atoms with Crippen molar-refractivity contribution in [3.8, 4) is 0 Å². The monoisotopic (exact) mass is 1320 g/mol. The molecule has 2 aromatic heterocycles. The van der Waals surface area contributed by atoms with Crippen molar-refractivity contribution in [3.05, 3.63) is 61.3 Å². The number of ether oxygens (including phenoxy) is 1. The van der Waals surface area contributed by atoms with Gasteiger partial charge in [0.15, 0.2) is 22.8 Å². The second kappa shape index (κ2) is 44.1. The number of rotatable bonds is 51. The van der Waals surface area contributed by atoms with E-state index < -0.39 is 90.7 Å². The van der Waals surface area contributed by atoms with E-state index >= 15 is 0 Å². The van der Waals surface area contributed by atoms with Crippen LogP contribution in [-0.2, 0) is 50.7 Å².